The molecule has 2 rings (SSSR count). The molecule has 0 bridgehead atoms. The van der Waals surface area contributed by atoms with E-state index in [1.807, 2.05) is 42.1 Å². The SMILES string of the molecule is CCS(=O)(=O)c1c(SC)n(C)c2ccccc12. The predicted octanol–water partition coefficient (Wildman–Crippen LogP) is 2.69. The number of rotatable bonds is 3. The Hall–Kier alpha value is -0.940. The lowest BCUT2D eigenvalue weighted by molar-refractivity contribution is 0.594. The van der Waals surface area contributed by atoms with Gasteiger partial charge >= 0.3 is 0 Å². The van der Waals surface area contributed by atoms with Crippen molar-refractivity contribution in [3.8, 4) is 0 Å². The lowest BCUT2D eigenvalue weighted by Gasteiger charge is -2.04. The van der Waals surface area contributed by atoms with Gasteiger partial charge < -0.3 is 4.57 Å². The summed E-state index contributed by atoms with van der Waals surface area (Å²) in [6.07, 6.45) is 1.91. The summed E-state index contributed by atoms with van der Waals surface area (Å²) in [6, 6.07) is 7.62. The van der Waals surface area contributed by atoms with Gasteiger partial charge in [0.1, 0.15) is 4.90 Å². The molecule has 2 aromatic rings. The molecule has 0 fully saturated rings. The monoisotopic (exact) mass is 269 g/mol. The molecule has 0 saturated heterocycles. The van der Waals surface area contributed by atoms with Crippen molar-refractivity contribution in [3.63, 3.8) is 0 Å². The van der Waals surface area contributed by atoms with Gasteiger partial charge in [-0.25, -0.2) is 8.42 Å². The van der Waals surface area contributed by atoms with Gasteiger partial charge in [0.15, 0.2) is 9.84 Å². The van der Waals surface area contributed by atoms with Crippen LogP contribution in [0.2, 0.25) is 0 Å². The first kappa shape index (κ1) is 12.5. The van der Waals surface area contributed by atoms with Crippen LogP contribution < -0.4 is 0 Å². The average Bonchev–Trinajstić information content (AvgIpc) is 2.63. The van der Waals surface area contributed by atoms with Crippen LogP contribution in [0.25, 0.3) is 10.9 Å². The van der Waals surface area contributed by atoms with Crippen LogP contribution in [-0.4, -0.2) is 25.0 Å². The lowest BCUT2D eigenvalue weighted by atomic mass is 10.2. The maximum Gasteiger partial charge on any atom is 0.181 e. The third-order valence-electron chi connectivity index (χ3n) is 2.89. The van der Waals surface area contributed by atoms with Crippen LogP contribution >= 0.6 is 11.8 Å². The van der Waals surface area contributed by atoms with Crippen molar-refractivity contribution in [1.82, 2.24) is 4.57 Å². The number of fused-ring (bicyclic) bond motifs is 1. The van der Waals surface area contributed by atoms with Gasteiger partial charge in [-0.2, -0.15) is 0 Å². The minimum Gasteiger partial charge on any atom is -0.338 e. The smallest absolute Gasteiger partial charge is 0.181 e. The van der Waals surface area contributed by atoms with Gasteiger partial charge in [0, 0.05) is 18.0 Å². The summed E-state index contributed by atoms with van der Waals surface area (Å²) in [4.78, 5) is 0.477. The maximum absolute atomic E-state index is 12.2. The number of nitrogens with zero attached hydrogens (tertiary/aromatic N) is 1. The molecule has 0 amide bonds. The molecule has 0 atom stereocenters. The van der Waals surface area contributed by atoms with Crippen LogP contribution in [0.3, 0.4) is 0 Å². The van der Waals surface area contributed by atoms with Crippen LogP contribution in [0.5, 0.6) is 0 Å². The van der Waals surface area contributed by atoms with Crippen molar-refractivity contribution in [2.45, 2.75) is 16.8 Å². The second kappa shape index (κ2) is 4.38. The van der Waals surface area contributed by atoms with E-state index in [4.69, 9.17) is 0 Å². The van der Waals surface area contributed by atoms with Crippen LogP contribution in [0.4, 0.5) is 0 Å². The molecule has 1 aromatic carbocycles. The summed E-state index contributed by atoms with van der Waals surface area (Å²) in [6.45, 7) is 1.68. The Labute approximate surface area is 106 Å². The zero-order chi connectivity index (χ0) is 12.6. The highest BCUT2D eigenvalue weighted by molar-refractivity contribution is 7.99. The molecule has 0 spiro atoms. The first-order valence-electron chi connectivity index (χ1n) is 5.37. The highest BCUT2D eigenvalue weighted by Gasteiger charge is 2.24. The van der Waals surface area contributed by atoms with Gasteiger partial charge in [-0.15, -0.1) is 11.8 Å². The first-order valence-corrected chi connectivity index (χ1v) is 8.24. The van der Waals surface area contributed by atoms with E-state index in [-0.39, 0.29) is 5.75 Å². The van der Waals surface area contributed by atoms with Gasteiger partial charge in [0.2, 0.25) is 0 Å². The number of para-hydroxylation sites is 1. The van der Waals surface area contributed by atoms with Crippen molar-refractivity contribution in [1.29, 1.82) is 0 Å². The molecule has 0 unspecified atom stereocenters. The summed E-state index contributed by atoms with van der Waals surface area (Å²) < 4.78 is 26.3. The molecule has 92 valence electrons. The van der Waals surface area contributed by atoms with E-state index in [2.05, 4.69) is 0 Å². The number of aryl methyl sites for hydroxylation is 1. The first-order chi connectivity index (χ1) is 8.03. The normalized spacial score (nSPS) is 12.2. The zero-order valence-corrected chi connectivity index (χ0v) is 11.7. The molecule has 0 aliphatic heterocycles. The molecule has 0 aliphatic carbocycles. The molecule has 0 radical (unpaired) electrons. The Balaban J connectivity index is 2.95. The Bertz CT molecular complexity index is 656. The Morgan fingerprint density at radius 2 is 1.94 bits per heavy atom. The van der Waals surface area contributed by atoms with E-state index in [1.165, 1.54) is 11.8 Å². The number of hydrogen-bond acceptors (Lipinski definition) is 3. The number of thioether (sulfide) groups is 1. The molecular formula is C12H15NO2S2. The molecule has 1 aromatic heterocycles. The van der Waals surface area contributed by atoms with E-state index >= 15 is 0 Å². The predicted molar refractivity (Wildman–Crippen MR) is 72.4 cm³/mol. The highest BCUT2D eigenvalue weighted by Crippen LogP contribution is 2.35. The van der Waals surface area contributed by atoms with E-state index in [1.54, 1.807) is 6.92 Å². The van der Waals surface area contributed by atoms with Crippen LogP contribution in [-0.2, 0) is 16.9 Å². The summed E-state index contributed by atoms with van der Waals surface area (Å²) in [5, 5.41) is 1.63. The van der Waals surface area contributed by atoms with Gasteiger partial charge in [-0.1, -0.05) is 25.1 Å². The Morgan fingerprint density at radius 3 is 2.53 bits per heavy atom. The highest BCUT2D eigenvalue weighted by atomic mass is 32.2. The van der Waals surface area contributed by atoms with Crippen molar-refractivity contribution >= 4 is 32.5 Å². The third kappa shape index (κ3) is 1.87. The standard InChI is InChI=1S/C12H15NO2S2/c1-4-17(14,15)11-9-7-5-6-8-10(9)13(2)12(11)16-3/h5-8H,4H2,1-3H3. The summed E-state index contributed by atoms with van der Waals surface area (Å²) in [7, 11) is -1.28. The van der Waals surface area contributed by atoms with Gasteiger partial charge in [-0.05, 0) is 12.3 Å². The molecule has 1 heterocycles. The fraction of sp³-hybridized carbons (Fsp3) is 0.333. The van der Waals surface area contributed by atoms with E-state index < -0.39 is 9.84 Å². The molecule has 17 heavy (non-hydrogen) atoms. The van der Waals surface area contributed by atoms with Crippen LogP contribution in [0.1, 0.15) is 6.92 Å². The largest absolute Gasteiger partial charge is 0.338 e. The van der Waals surface area contributed by atoms with Crippen molar-refractivity contribution in [2.75, 3.05) is 12.0 Å². The van der Waals surface area contributed by atoms with E-state index in [9.17, 15) is 8.42 Å². The van der Waals surface area contributed by atoms with Gasteiger partial charge in [0.25, 0.3) is 0 Å². The molecular weight excluding hydrogens is 254 g/mol. The lowest BCUT2D eigenvalue weighted by Crippen LogP contribution is -2.05. The van der Waals surface area contributed by atoms with Crippen molar-refractivity contribution in [2.24, 2.45) is 7.05 Å². The zero-order valence-electron chi connectivity index (χ0n) is 10.1. The summed E-state index contributed by atoms with van der Waals surface area (Å²) >= 11 is 1.47. The number of benzene rings is 1. The van der Waals surface area contributed by atoms with Gasteiger partial charge in [-0.3, -0.25) is 0 Å². The van der Waals surface area contributed by atoms with E-state index in [0.29, 0.717) is 4.90 Å². The maximum atomic E-state index is 12.2. The molecule has 0 aliphatic rings. The quantitative estimate of drug-likeness (QED) is 0.804. The Kier molecular flexibility index (Phi) is 3.23. The number of aromatic nitrogens is 1. The minimum absolute atomic E-state index is 0.133. The second-order valence-corrected chi connectivity index (χ2v) is 6.83. The van der Waals surface area contributed by atoms with Gasteiger partial charge in [0.05, 0.1) is 10.8 Å². The molecule has 0 N–H and O–H groups in total. The molecule has 5 heteroatoms. The van der Waals surface area contributed by atoms with Crippen molar-refractivity contribution < 1.29 is 8.42 Å². The topological polar surface area (TPSA) is 39.1 Å². The molecule has 3 nitrogen and oxygen atoms in total. The summed E-state index contributed by atoms with van der Waals surface area (Å²) in [5.41, 5.74) is 0.962. The second-order valence-electron chi connectivity index (χ2n) is 3.82. The Morgan fingerprint density at radius 1 is 1.29 bits per heavy atom. The van der Waals surface area contributed by atoms with Crippen LogP contribution in [0, 0.1) is 0 Å². The van der Waals surface area contributed by atoms with Crippen LogP contribution in [0.15, 0.2) is 34.2 Å². The van der Waals surface area contributed by atoms with Crippen molar-refractivity contribution in [3.05, 3.63) is 24.3 Å². The summed E-state index contributed by atoms with van der Waals surface area (Å²) in [5.74, 6) is 0.133. The third-order valence-corrected chi connectivity index (χ3v) is 5.68. The number of hydrogen-bond donors (Lipinski definition) is 0. The fourth-order valence-electron chi connectivity index (χ4n) is 2.01. The minimum atomic E-state index is -3.19. The number of sulfone groups is 1. The van der Waals surface area contributed by atoms with E-state index in [0.717, 1.165) is 15.9 Å². The average molecular weight is 269 g/mol. The fourth-order valence-corrected chi connectivity index (χ4v) is 4.51. The molecule has 0 saturated carbocycles.